The number of nitrogens with zero attached hydrogens (tertiary/aromatic N) is 1. The molecular weight excluding hydrogens is 338 g/mol. The van der Waals surface area contributed by atoms with Gasteiger partial charge in [0.25, 0.3) is 11.8 Å². The van der Waals surface area contributed by atoms with Crippen LogP contribution in [0.4, 0.5) is 0 Å². The van der Waals surface area contributed by atoms with Gasteiger partial charge in [-0.25, -0.2) is 0 Å². The Hall–Kier alpha value is -3.03. The van der Waals surface area contributed by atoms with Gasteiger partial charge < -0.3 is 15.4 Å². The van der Waals surface area contributed by atoms with Crippen molar-refractivity contribution < 1.29 is 24.0 Å². The lowest BCUT2D eigenvalue weighted by molar-refractivity contribution is -0.125. The number of nitrogens with one attached hydrogen (secondary N) is 2. The zero-order chi connectivity index (χ0) is 19.3. The van der Waals surface area contributed by atoms with Crippen LogP contribution in [0.25, 0.3) is 0 Å². The number of hydrogen-bond donors (Lipinski definition) is 2. The summed E-state index contributed by atoms with van der Waals surface area (Å²) in [6.45, 7) is 3.23. The molecule has 0 aromatic heterocycles. The number of ketones is 1. The van der Waals surface area contributed by atoms with Crippen LogP contribution in [0, 0.1) is 0 Å². The van der Waals surface area contributed by atoms with Crippen LogP contribution in [0.3, 0.4) is 0 Å². The summed E-state index contributed by atoms with van der Waals surface area (Å²) in [6, 6.07) is 5.46. The quantitative estimate of drug-likeness (QED) is 0.511. The van der Waals surface area contributed by atoms with Gasteiger partial charge in [0.05, 0.1) is 11.1 Å². The summed E-state index contributed by atoms with van der Waals surface area (Å²) in [6.07, 6.45) is 0.281. The van der Waals surface area contributed by atoms with Crippen LogP contribution in [0.5, 0.6) is 0 Å². The molecule has 8 nitrogen and oxygen atoms in total. The van der Waals surface area contributed by atoms with Crippen molar-refractivity contribution in [1.29, 1.82) is 0 Å². The third-order valence-corrected chi connectivity index (χ3v) is 4.04. The molecule has 1 aliphatic heterocycles. The smallest absolute Gasteiger partial charge is 0.262 e. The first-order valence-corrected chi connectivity index (χ1v) is 8.33. The zero-order valence-electron chi connectivity index (χ0n) is 14.7. The van der Waals surface area contributed by atoms with Crippen molar-refractivity contribution in [2.45, 2.75) is 32.7 Å². The molecule has 1 unspecified atom stereocenters. The summed E-state index contributed by atoms with van der Waals surface area (Å²) in [7, 11) is 0. The first kappa shape index (κ1) is 19.3. The number of carbonyl (C=O) groups excluding carboxylic acids is 5. The van der Waals surface area contributed by atoms with Crippen molar-refractivity contribution >= 4 is 29.4 Å². The van der Waals surface area contributed by atoms with E-state index in [-0.39, 0.29) is 48.7 Å². The molecule has 0 saturated heterocycles. The lowest BCUT2D eigenvalue weighted by Gasteiger charge is -2.21. The summed E-state index contributed by atoms with van der Waals surface area (Å²) in [5.74, 6) is -1.82. The molecule has 1 aromatic carbocycles. The van der Waals surface area contributed by atoms with Crippen LogP contribution in [0.2, 0.25) is 0 Å². The van der Waals surface area contributed by atoms with E-state index < -0.39 is 23.8 Å². The number of hydrogen-bond acceptors (Lipinski definition) is 5. The first-order chi connectivity index (χ1) is 12.3. The molecule has 0 spiro atoms. The molecule has 1 heterocycles. The maximum absolute atomic E-state index is 12.3. The van der Waals surface area contributed by atoms with E-state index in [2.05, 4.69) is 10.6 Å². The highest BCUT2D eigenvalue weighted by Gasteiger charge is 2.40. The van der Waals surface area contributed by atoms with Crippen LogP contribution >= 0.6 is 0 Å². The largest absolute Gasteiger partial charge is 0.354 e. The fourth-order valence-electron chi connectivity index (χ4n) is 2.59. The molecule has 0 fully saturated rings. The summed E-state index contributed by atoms with van der Waals surface area (Å²) in [5.41, 5.74) is 0.574. The summed E-state index contributed by atoms with van der Waals surface area (Å²) in [5, 5.41) is 5.16. The van der Waals surface area contributed by atoms with E-state index in [0.29, 0.717) is 0 Å². The molecule has 0 radical (unpaired) electrons. The molecule has 138 valence electrons. The van der Waals surface area contributed by atoms with Crippen molar-refractivity contribution in [3.63, 3.8) is 0 Å². The Kier molecular flexibility index (Phi) is 6.21. The van der Waals surface area contributed by atoms with Gasteiger partial charge in [0.1, 0.15) is 11.8 Å². The molecule has 0 bridgehead atoms. The summed E-state index contributed by atoms with van der Waals surface area (Å²) >= 11 is 0. The molecule has 2 rings (SSSR count). The Bertz CT molecular complexity index is 724. The van der Waals surface area contributed by atoms with Gasteiger partial charge in [-0.1, -0.05) is 12.1 Å². The van der Waals surface area contributed by atoms with E-state index in [1.807, 2.05) is 0 Å². The van der Waals surface area contributed by atoms with Crippen LogP contribution in [0.1, 0.15) is 47.4 Å². The third-order valence-electron chi connectivity index (χ3n) is 4.04. The Morgan fingerprint density at radius 3 is 2.04 bits per heavy atom. The molecular formula is C18H21N3O5. The molecule has 2 N–H and O–H groups in total. The van der Waals surface area contributed by atoms with Crippen molar-refractivity contribution in [3.05, 3.63) is 35.4 Å². The highest BCUT2D eigenvalue weighted by molar-refractivity contribution is 6.22. The van der Waals surface area contributed by atoms with Gasteiger partial charge in [0.15, 0.2) is 0 Å². The number of benzene rings is 1. The average molecular weight is 359 g/mol. The third kappa shape index (κ3) is 4.33. The van der Waals surface area contributed by atoms with E-state index in [9.17, 15) is 24.0 Å². The second kappa shape index (κ2) is 8.37. The van der Waals surface area contributed by atoms with Crippen molar-refractivity contribution in [2.24, 2.45) is 0 Å². The highest BCUT2D eigenvalue weighted by atomic mass is 16.2. The molecule has 8 heteroatoms. The number of Topliss-reactive ketones (excluding diaryl/α,β-unsaturated/α-hetero) is 1. The second-order valence-corrected chi connectivity index (χ2v) is 6.04. The minimum atomic E-state index is -0.962. The van der Waals surface area contributed by atoms with Crippen LogP contribution in [-0.2, 0) is 14.4 Å². The van der Waals surface area contributed by atoms with E-state index in [0.717, 1.165) is 4.90 Å². The zero-order valence-corrected chi connectivity index (χ0v) is 14.7. The van der Waals surface area contributed by atoms with Gasteiger partial charge in [-0.3, -0.25) is 24.1 Å². The molecule has 1 aromatic rings. The van der Waals surface area contributed by atoms with Crippen LogP contribution in [-0.4, -0.2) is 53.4 Å². The van der Waals surface area contributed by atoms with E-state index in [1.165, 1.54) is 13.8 Å². The predicted molar refractivity (Wildman–Crippen MR) is 92.3 cm³/mol. The standard InChI is InChI=1S/C18H21N3O5/c1-11(22)7-8-15(23)19-9-10-20-16(24)12(2)21-17(25)13-5-3-4-6-14(13)18(21)26/h3-6,12H,7-10H2,1-2H3,(H,19,23)(H,20,24). The molecule has 26 heavy (non-hydrogen) atoms. The van der Waals surface area contributed by atoms with E-state index >= 15 is 0 Å². The van der Waals surface area contributed by atoms with Crippen molar-refractivity contribution in [2.75, 3.05) is 13.1 Å². The Balaban J connectivity index is 1.82. The van der Waals surface area contributed by atoms with Crippen molar-refractivity contribution in [1.82, 2.24) is 15.5 Å². The summed E-state index contributed by atoms with van der Waals surface area (Å²) < 4.78 is 0. The van der Waals surface area contributed by atoms with Gasteiger partial charge in [-0.15, -0.1) is 0 Å². The SMILES string of the molecule is CC(=O)CCC(=O)NCCNC(=O)C(C)N1C(=O)c2ccccc2C1=O. The fourth-order valence-corrected chi connectivity index (χ4v) is 2.59. The molecule has 0 aliphatic carbocycles. The van der Waals surface area contributed by atoms with Gasteiger partial charge >= 0.3 is 0 Å². The van der Waals surface area contributed by atoms with Crippen LogP contribution in [0.15, 0.2) is 24.3 Å². The minimum absolute atomic E-state index is 0.0665. The monoisotopic (exact) mass is 359 g/mol. The fraction of sp³-hybridized carbons (Fsp3) is 0.389. The number of carbonyl (C=O) groups is 5. The Labute approximate surface area is 150 Å². The van der Waals surface area contributed by atoms with E-state index in [4.69, 9.17) is 0 Å². The van der Waals surface area contributed by atoms with Crippen molar-refractivity contribution in [3.8, 4) is 0 Å². The lowest BCUT2D eigenvalue weighted by atomic mass is 10.1. The lowest BCUT2D eigenvalue weighted by Crippen LogP contribution is -2.49. The topological polar surface area (TPSA) is 113 Å². The maximum atomic E-state index is 12.3. The maximum Gasteiger partial charge on any atom is 0.262 e. The van der Waals surface area contributed by atoms with E-state index in [1.54, 1.807) is 24.3 Å². The predicted octanol–water partition coefficient (Wildman–Crippen LogP) is 0.273. The molecule has 0 saturated carbocycles. The van der Waals surface area contributed by atoms with Gasteiger partial charge in [-0.2, -0.15) is 0 Å². The number of rotatable bonds is 8. The van der Waals surface area contributed by atoms with Crippen LogP contribution < -0.4 is 10.6 Å². The molecule has 4 amide bonds. The average Bonchev–Trinajstić information content (AvgIpc) is 2.87. The second-order valence-electron chi connectivity index (χ2n) is 6.04. The first-order valence-electron chi connectivity index (χ1n) is 8.33. The minimum Gasteiger partial charge on any atom is -0.354 e. The van der Waals surface area contributed by atoms with Gasteiger partial charge in [0.2, 0.25) is 11.8 Å². The Morgan fingerprint density at radius 1 is 0.962 bits per heavy atom. The number of amides is 4. The van der Waals surface area contributed by atoms with Gasteiger partial charge in [-0.05, 0) is 26.0 Å². The molecule has 1 aliphatic rings. The summed E-state index contributed by atoms with van der Waals surface area (Å²) in [4.78, 5) is 60.1. The highest BCUT2D eigenvalue weighted by Crippen LogP contribution is 2.24. The Morgan fingerprint density at radius 2 is 1.50 bits per heavy atom. The molecule has 1 atom stereocenters. The number of imide groups is 1. The van der Waals surface area contributed by atoms with Gasteiger partial charge in [0, 0.05) is 25.9 Å². The number of fused-ring (bicyclic) bond motifs is 1. The normalized spacial score (nSPS) is 14.0.